The van der Waals surface area contributed by atoms with Gasteiger partial charge in [-0.3, -0.25) is 23.7 Å². The SMILES string of the molecule is COC(=O)[C@H](C)NP(=O)(OC[C@H]1O[C@@H](n2ccc(=O)[nH]c2=S)C(C)(O)[C@H]1O)Oc1cccc2ccccc12. The molecule has 0 bridgehead atoms. The van der Waals surface area contributed by atoms with E-state index in [1.165, 1.54) is 37.8 Å². The van der Waals surface area contributed by atoms with Gasteiger partial charge < -0.3 is 24.2 Å². The van der Waals surface area contributed by atoms with Gasteiger partial charge in [-0.15, -0.1) is 0 Å². The maximum atomic E-state index is 13.9. The van der Waals surface area contributed by atoms with E-state index in [1.807, 2.05) is 18.2 Å². The van der Waals surface area contributed by atoms with E-state index in [1.54, 1.807) is 24.3 Å². The molecule has 0 amide bonds. The lowest BCUT2D eigenvalue weighted by atomic mass is 9.96. The summed E-state index contributed by atoms with van der Waals surface area (Å²) in [6.07, 6.45) is -2.57. The van der Waals surface area contributed by atoms with E-state index in [0.29, 0.717) is 5.39 Å². The van der Waals surface area contributed by atoms with Crippen molar-refractivity contribution < 1.29 is 38.1 Å². The number of carbonyl (C=O) groups excluding carboxylic acids is 1. The summed E-state index contributed by atoms with van der Waals surface area (Å²) in [6.45, 7) is 2.25. The van der Waals surface area contributed by atoms with Gasteiger partial charge in [0.25, 0.3) is 5.56 Å². The van der Waals surface area contributed by atoms with Gasteiger partial charge in [-0.25, -0.2) is 4.57 Å². The predicted molar refractivity (Wildman–Crippen MR) is 139 cm³/mol. The van der Waals surface area contributed by atoms with Crippen molar-refractivity contribution in [1.82, 2.24) is 14.6 Å². The van der Waals surface area contributed by atoms with Crippen molar-refractivity contribution in [1.29, 1.82) is 0 Å². The Morgan fingerprint density at radius 3 is 2.71 bits per heavy atom. The number of benzene rings is 2. The lowest BCUT2D eigenvalue weighted by Gasteiger charge is -2.28. The van der Waals surface area contributed by atoms with Crippen LogP contribution in [0.1, 0.15) is 20.1 Å². The van der Waals surface area contributed by atoms with Gasteiger partial charge in [0.1, 0.15) is 29.6 Å². The van der Waals surface area contributed by atoms with Gasteiger partial charge in [-0.1, -0.05) is 36.4 Å². The maximum absolute atomic E-state index is 13.9. The Labute approximate surface area is 222 Å². The number of fused-ring (bicyclic) bond motifs is 1. The quantitative estimate of drug-likeness (QED) is 0.171. The number of aromatic nitrogens is 2. The first kappa shape index (κ1) is 28.1. The van der Waals surface area contributed by atoms with E-state index in [0.717, 1.165) is 5.39 Å². The van der Waals surface area contributed by atoms with Gasteiger partial charge in [-0.2, -0.15) is 5.09 Å². The molecule has 4 rings (SSSR count). The molecule has 1 aliphatic heterocycles. The molecule has 0 radical (unpaired) electrons. The third-order valence-electron chi connectivity index (χ3n) is 6.14. The van der Waals surface area contributed by atoms with Crippen LogP contribution >= 0.6 is 20.0 Å². The highest BCUT2D eigenvalue weighted by Crippen LogP contribution is 2.48. The summed E-state index contributed by atoms with van der Waals surface area (Å²) < 4.78 is 37.2. The zero-order valence-corrected chi connectivity index (χ0v) is 22.5. The van der Waals surface area contributed by atoms with Crippen LogP contribution in [0.4, 0.5) is 0 Å². The number of methoxy groups -OCH3 is 1. The van der Waals surface area contributed by atoms with Crippen molar-refractivity contribution in [2.45, 2.75) is 43.9 Å². The normalized spacial score (nSPS) is 25.6. The molecule has 14 heteroatoms. The highest BCUT2D eigenvalue weighted by atomic mass is 32.1. The number of nitrogens with one attached hydrogen (secondary N) is 2. The summed E-state index contributed by atoms with van der Waals surface area (Å²) in [5.74, 6) is -0.476. The second kappa shape index (κ2) is 11.1. The molecule has 1 aliphatic rings. The number of rotatable bonds is 9. The second-order valence-corrected chi connectivity index (χ2v) is 11.0. The smallest absolute Gasteiger partial charge is 0.459 e. The third-order valence-corrected chi connectivity index (χ3v) is 8.08. The molecule has 2 unspecified atom stereocenters. The van der Waals surface area contributed by atoms with Crippen molar-refractivity contribution in [3.8, 4) is 5.75 Å². The molecule has 1 saturated heterocycles. The first-order chi connectivity index (χ1) is 17.9. The summed E-state index contributed by atoms with van der Waals surface area (Å²) in [4.78, 5) is 26.0. The van der Waals surface area contributed by atoms with Gasteiger partial charge in [-0.05, 0) is 37.5 Å². The van der Waals surface area contributed by atoms with E-state index >= 15 is 0 Å². The predicted octanol–water partition coefficient (Wildman–Crippen LogP) is 2.42. The fraction of sp³-hybridized carbons (Fsp3) is 0.375. The number of H-pyrrole nitrogens is 1. The number of aromatic amines is 1. The van der Waals surface area contributed by atoms with Gasteiger partial charge >= 0.3 is 13.7 Å². The molecule has 2 heterocycles. The van der Waals surface area contributed by atoms with E-state index in [9.17, 15) is 24.4 Å². The molecule has 0 spiro atoms. The van der Waals surface area contributed by atoms with Crippen molar-refractivity contribution >= 4 is 36.7 Å². The molecule has 1 fully saturated rings. The number of carbonyl (C=O) groups is 1. The third kappa shape index (κ3) is 5.74. The summed E-state index contributed by atoms with van der Waals surface area (Å²) >= 11 is 5.16. The first-order valence-electron chi connectivity index (χ1n) is 11.6. The molecule has 38 heavy (non-hydrogen) atoms. The van der Waals surface area contributed by atoms with Crippen LogP contribution in [0.5, 0.6) is 5.75 Å². The number of esters is 1. The minimum Gasteiger partial charge on any atom is -0.468 e. The van der Waals surface area contributed by atoms with E-state index in [-0.39, 0.29) is 10.5 Å². The summed E-state index contributed by atoms with van der Waals surface area (Å²) in [6, 6.07) is 12.5. The van der Waals surface area contributed by atoms with Crippen LogP contribution in [0.2, 0.25) is 0 Å². The van der Waals surface area contributed by atoms with Crippen molar-refractivity contribution in [2.75, 3.05) is 13.7 Å². The Balaban J connectivity index is 1.60. The molecular formula is C24H28N3O9PS. The number of aliphatic hydroxyl groups is 2. The highest BCUT2D eigenvalue weighted by molar-refractivity contribution is 7.71. The lowest BCUT2D eigenvalue weighted by molar-refractivity contribution is -0.142. The van der Waals surface area contributed by atoms with Crippen LogP contribution < -0.4 is 15.2 Å². The number of nitrogens with zero attached hydrogens (tertiary/aromatic N) is 1. The lowest BCUT2D eigenvalue weighted by Crippen LogP contribution is -2.45. The average Bonchev–Trinajstić information content (AvgIpc) is 3.10. The molecule has 0 aliphatic carbocycles. The number of ether oxygens (including phenoxy) is 2. The van der Waals surface area contributed by atoms with E-state index < -0.39 is 56.0 Å². The van der Waals surface area contributed by atoms with Crippen LogP contribution in [-0.2, 0) is 23.4 Å². The molecule has 1 aromatic heterocycles. The number of aliphatic hydroxyl groups excluding tert-OH is 1. The largest absolute Gasteiger partial charge is 0.468 e. The second-order valence-electron chi connectivity index (χ2n) is 8.95. The Morgan fingerprint density at radius 1 is 1.29 bits per heavy atom. The van der Waals surface area contributed by atoms with Crippen molar-refractivity contribution in [2.24, 2.45) is 0 Å². The molecule has 6 atom stereocenters. The minimum atomic E-state index is -4.30. The maximum Gasteiger partial charge on any atom is 0.459 e. The van der Waals surface area contributed by atoms with Crippen molar-refractivity contribution in [3.63, 3.8) is 0 Å². The van der Waals surface area contributed by atoms with Gasteiger partial charge in [0, 0.05) is 17.6 Å². The Kier molecular flexibility index (Phi) is 8.19. The monoisotopic (exact) mass is 565 g/mol. The topological polar surface area (TPSA) is 161 Å². The Bertz CT molecular complexity index is 1490. The summed E-state index contributed by atoms with van der Waals surface area (Å²) in [5, 5.41) is 25.9. The van der Waals surface area contributed by atoms with Gasteiger partial charge in [0.15, 0.2) is 11.0 Å². The molecule has 4 N–H and O–H groups in total. The van der Waals surface area contributed by atoms with Crippen LogP contribution in [-0.4, -0.2) is 63.3 Å². The Hall–Kier alpha value is -2.90. The Morgan fingerprint density at radius 2 is 2.00 bits per heavy atom. The molecule has 12 nitrogen and oxygen atoms in total. The fourth-order valence-electron chi connectivity index (χ4n) is 4.12. The van der Waals surface area contributed by atoms with E-state index in [4.69, 9.17) is 30.7 Å². The molecular weight excluding hydrogens is 537 g/mol. The van der Waals surface area contributed by atoms with Gasteiger partial charge in [0.2, 0.25) is 0 Å². The van der Waals surface area contributed by atoms with Crippen LogP contribution in [0.25, 0.3) is 10.8 Å². The van der Waals surface area contributed by atoms with Crippen LogP contribution in [0, 0.1) is 4.77 Å². The highest BCUT2D eigenvalue weighted by Gasteiger charge is 2.53. The fourth-order valence-corrected chi connectivity index (χ4v) is 5.90. The summed E-state index contributed by atoms with van der Waals surface area (Å²) in [7, 11) is -3.11. The summed E-state index contributed by atoms with van der Waals surface area (Å²) in [5.41, 5.74) is -2.31. The average molecular weight is 566 g/mol. The standard InChI is InChI=1S/C24H28N3O9PS/c1-14(21(30)33-3)26-37(32,36-17-10-6-8-15-7-4-5-9-16(15)17)34-13-18-20(29)24(2,31)22(35-18)27-12-11-19(28)25-23(27)38/h4-12,14,18,20,22,29,31H,13H2,1-3H3,(H,26,32)(H,25,28,38)/t14-,18+,20-,22+,24?,37?/m0/s1. The minimum absolute atomic E-state index is 0.0323. The molecule has 2 aromatic carbocycles. The zero-order chi connectivity index (χ0) is 27.7. The first-order valence-corrected chi connectivity index (χ1v) is 13.6. The van der Waals surface area contributed by atoms with Crippen molar-refractivity contribution in [3.05, 3.63) is 69.9 Å². The number of hydrogen-bond donors (Lipinski definition) is 4. The number of hydrogen-bond acceptors (Lipinski definition) is 10. The molecule has 3 aromatic rings. The van der Waals surface area contributed by atoms with Gasteiger partial charge in [0.05, 0.1) is 13.7 Å². The molecule has 0 saturated carbocycles. The van der Waals surface area contributed by atoms with E-state index in [2.05, 4.69) is 10.1 Å². The molecule has 204 valence electrons. The van der Waals surface area contributed by atoms with Crippen LogP contribution in [0.15, 0.2) is 59.5 Å². The zero-order valence-electron chi connectivity index (χ0n) is 20.8. The van der Waals surface area contributed by atoms with Crippen LogP contribution in [0.3, 0.4) is 0 Å².